The van der Waals surface area contributed by atoms with Gasteiger partial charge in [-0.1, -0.05) is 11.6 Å². The van der Waals surface area contributed by atoms with Crippen molar-refractivity contribution in [2.45, 2.75) is 25.8 Å². The number of halogens is 1. The van der Waals surface area contributed by atoms with Crippen LogP contribution >= 0.6 is 11.6 Å². The summed E-state index contributed by atoms with van der Waals surface area (Å²) in [5, 5.41) is 3.42. The Labute approximate surface area is 129 Å². The van der Waals surface area contributed by atoms with E-state index in [1.165, 1.54) is 0 Å². The van der Waals surface area contributed by atoms with Gasteiger partial charge in [-0.15, -0.1) is 0 Å². The van der Waals surface area contributed by atoms with Crippen LogP contribution in [0.4, 0.5) is 5.69 Å². The standard InChI is InChI=1S/C15H19ClN2O3/c1-2-21-15(20)13-4-3-9-18(13)10-14(19)17-12-7-5-11(16)6-8-12/h5-8,13H,2-4,9-10H2,1H3,(H,17,19). The van der Waals surface area contributed by atoms with Crippen LogP contribution in [0.5, 0.6) is 0 Å². The summed E-state index contributed by atoms with van der Waals surface area (Å²) in [6.45, 7) is 3.06. The quantitative estimate of drug-likeness (QED) is 0.848. The zero-order valence-corrected chi connectivity index (χ0v) is 12.7. The fourth-order valence-corrected chi connectivity index (χ4v) is 2.56. The van der Waals surface area contributed by atoms with Gasteiger partial charge in [-0.3, -0.25) is 14.5 Å². The summed E-state index contributed by atoms with van der Waals surface area (Å²) in [5.41, 5.74) is 0.691. The molecular weight excluding hydrogens is 292 g/mol. The number of benzene rings is 1. The first-order valence-electron chi connectivity index (χ1n) is 7.06. The summed E-state index contributed by atoms with van der Waals surface area (Å²) in [5.74, 6) is -0.386. The van der Waals surface area contributed by atoms with Gasteiger partial charge < -0.3 is 10.1 Å². The molecule has 1 fully saturated rings. The van der Waals surface area contributed by atoms with Crippen molar-refractivity contribution in [3.8, 4) is 0 Å². The van der Waals surface area contributed by atoms with Gasteiger partial charge in [0.05, 0.1) is 13.2 Å². The normalized spacial score (nSPS) is 18.5. The molecule has 1 amide bonds. The first-order chi connectivity index (χ1) is 10.1. The minimum absolute atomic E-state index is 0.145. The maximum absolute atomic E-state index is 12.0. The van der Waals surface area contributed by atoms with Crippen LogP contribution in [0, 0.1) is 0 Å². The Morgan fingerprint density at radius 1 is 1.38 bits per heavy atom. The third-order valence-electron chi connectivity index (χ3n) is 3.40. The Hall–Kier alpha value is -1.59. The number of hydrogen-bond acceptors (Lipinski definition) is 4. The molecule has 1 atom stereocenters. The first-order valence-corrected chi connectivity index (χ1v) is 7.44. The van der Waals surface area contributed by atoms with Crippen molar-refractivity contribution < 1.29 is 14.3 Å². The van der Waals surface area contributed by atoms with E-state index in [-0.39, 0.29) is 24.5 Å². The maximum Gasteiger partial charge on any atom is 0.323 e. The van der Waals surface area contributed by atoms with Gasteiger partial charge in [0.1, 0.15) is 6.04 Å². The zero-order valence-electron chi connectivity index (χ0n) is 12.0. The lowest BCUT2D eigenvalue weighted by Crippen LogP contribution is -2.41. The number of esters is 1. The van der Waals surface area contributed by atoms with Gasteiger partial charge >= 0.3 is 5.97 Å². The second kappa shape index (κ2) is 7.43. The number of carbonyl (C=O) groups excluding carboxylic acids is 2. The van der Waals surface area contributed by atoms with Gasteiger partial charge in [0, 0.05) is 10.7 Å². The molecule has 1 aliphatic heterocycles. The molecule has 1 aliphatic rings. The van der Waals surface area contributed by atoms with Crippen molar-refractivity contribution >= 4 is 29.2 Å². The van der Waals surface area contributed by atoms with Crippen LogP contribution in [0.3, 0.4) is 0 Å². The molecule has 0 spiro atoms. The molecule has 1 N–H and O–H groups in total. The van der Waals surface area contributed by atoms with Crippen molar-refractivity contribution in [2.24, 2.45) is 0 Å². The highest BCUT2D eigenvalue weighted by Crippen LogP contribution is 2.19. The molecule has 1 aromatic rings. The zero-order chi connectivity index (χ0) is 15.2. The van der Waals surface area contributed by atoms with Gasteiger partial charge in [-0.05, 0) is 50.6 Å². The summed E-state index contributed by atoms with van der Waals surface area (Å²) in [7, 11) is 0. The van der Waals surface area contributed by atoms with Gasteiger partial charge in [0.2, 0.25) is 5.91 Å². The van der Waals surface area contributed by atoms with Crippen LogP contribution in [0.2, 0.25) is 5.02 Å². The predicted molar refractivity (Wildman–Crippen MR) is 81.3 cm³/mol. The topological polar surface area (TPSA) is 58.6 Å². The maximum atomic E-state index is 12.0. The summed E-state index contributed by atoms with van der Waals surface area (Å²) in [4.78, 5) is 25.7. The highest BCUT2D eigenvalue weighted by molar-refractivity contribution is 6.30. The summed E-state index contributed by atoms with van der Waals surface area (Å²) in [6.07, 6.45) is 1.64. The lowest BCUT2D eigenvalue weighted by molar-refractivity contribution is -0.148. The van der Waals surface area contributed by atoms with Crippen LogP contribution in [-0.4, -0.2) is 42.5 Å². The smallest absolute Gasteiger partial charge is 0.323 e. The Morgan fingerprint density at radius 2 is 2.10 bits per heavy atom. The van der Waals surface area contributed by atoms with E-state index < -0.39 is 0 Å². The third kappa shape index (κ3) is 4.44. The number of ether oxygens (including phenoxy) is 1. The molecule has 6 heteroatoms. The van der Waals surface area contributed by atoms with Crippen LogP contribution in [0.1, 0.15) is 19.8 Å². The lowest BCUT2D eigenvalue weighted by Gasteiger charge is -2.22. The molecule has 114 valence electrons. The van der Waals surface area contributed by atoms with Crippen LogP contribution < -0.4 is 5.32 Å². The molecule has 1 aromatic carbocycles. The largest absolute Gasteiger partial charge is 0.465 e. The van der Waals surface area contributed by atoms with E-state index >= 15 is 0 Å². The number of carbonyl (C=O) groups is 2. The van der Waals surface area contributed by atoms with Crippen LogP contribution in [0.25, 0.3) is 0 Å². The minimum atomic E-state index is -0.305. The number of rotatable bonds is 5. The third-order valence-corrected chi connectivity index (χ3v) is 3.65. The average Bonchev–Trinajstić information content (AvgIpc) is 2.90. The summed E-state index contributed by atoms with van der Waals surface area (Å²) in [6, 6.07) is 6.61. The van der Waals surface area contributed by atoms with Gasteiger partial charge in [-0.25, -0.2) is 0 Å². The molecule has 1 saturated heterocycles. The molecular formula is C15H19ClN2O3. The molecule has 0 aliphatic carbocycles. The molecule has 1 unspecified atom stereocenters. The number of hydrogen-bond donors (Lipinski definition) is 1. The Balaban J connectivity index is 1.89. The highest BCUT2D eigenvalue weighted by Gasteiger charge is 2.32. The second-order valence-corrected chi connectivity index (χ2v) is 5.37. The number of nitrogens with one attached hydrogen (secondary N) is 1. The van der Waals surface area contributed by atoms with E-state index in [1.54, 1.807) is 31.2 Å². The predicted octanol–water partition coefficient (Wildman–Crippen LogP) is 2.31. The summed E-state index contributed by atoms with van der Waals surface area (Å²) < 4.78 is 5.04. The SMILES string of the molecule is CCOC(=O)C1CCCN1CC(=O)Nc1ccc(Cl)cc1. The van der Waals surface area contributed by atoms with E-state index in [1.807, 2.05) is 4.90 Å². The molecule has 0 radical (unpaired) electrons. The Bertz CT molecular complexity index is 504. The van der Waals surface area contributed by atoms with Crippen LogP contribution in [0.15, 0.2) is 24.3 Å². The minimum Gasteiger partial charge on any atom is -0.465 e. The number of nitrogens with zero attached hydrogens (tertiary/aromatic N) is 1. The molecule has 0 saturated carbocycles. The number of likely N-dealkylation sites (tertiary alicyclic amines) is 1. The van der Waals surface area contributed by atoms with E-state index in [4.69, 9.17) is 16.3 Å². The molecule has 2 rings (SSSR count). The number of amides is 1. The monoisotopic (exact) mass is 310 g/mol. The number of anilines is 1. The van der Waals surface area contributed by atoms with E-state index in [0.717, 1.165) is 19.4 Å². The Kier molecular flexibility index (Phi) is 5.59. The van der Waals surface area contributed by atoms with E-state index in [0.29, 0.717) is 17.3 Å². The van der Waals surface area contributed by atoms with Crippen molar-refractivity contribution in [2.75, 3.05) is 25.0 Å². The van der Waals surface area contributed by atoms with Gasteiger partial charge in [0.25, 0.3) is 0 Å². The molecule has 1 heterocycles. The molecule has 0 aromatic heterocycles. The van der Waals surface area contributed by atoms with E-state index in [2.05, 4.69) is 5.32 Å². The lowest BCUT2D eigenvalue weighted by atomic mass is 10.2. The highest BCUT2D eigenvalue weighted by atomic mass is 35.5. The van der Waals surface area contributed by atoms with Crippen molar-refractivity contribution in [1.29, 1.82) is 0 Å². The average molecular weight is 311 g/mol. The molecule has 5 nitrogen and oxygen atoms in total. The first kappa shape index (κ1) is 15.8. The van der Waals surface area contributed by atoms with Gasteiger partial charge in [-0.2, -0.15) is 0 Å². The Morgan fingerprint density at radius 3 is 2.76 bits per heavy atom. The summed E-state index contributed by atoms with van der Waals surface area (Å²) >= 11 is 5.80. The molecule has 21 heavy (non-hydrogen) atoms. The second-order valence-electron chi connectivity index (χ2n) is 4.94. The van der Waals surface area contributed by atoms with Gasteiger partial charge in [0.15, 0.2) is 0 Å². The molecule has 0 bridgehead atoms. The van der Waals surface area contributed by atoms with Crippen LogP contribution in [-0.2, 0) is 14.3 Å². The van der Waals surface area contributed by atoms with Crippen molar-refractivity contribution in [1.82, 2.24) is 4.90 Å². The fourth-order valence-electron chi connectivity index (χ4n) is 2.44. The van der Waals surface area contributed by atoms with Crippen molar-refractivity contribution in [3.05, 3.63) is 29.3 Å². The van der Waals surface area contributed by atoms with E-state index in [9.17, 15) is 9.59 Å². The van der Waals surface area contributed by atoms with Crippen molar-refractivity contribution in [3.63, 3.8) is 0 Å². The fraction of sp³-hybridized carbons (Fsp3) is 0.467.